The second kappa shape index (κ2) is 8.14. The fourth-order valence-electron chi connectivity index (χ4n) is 4.85. The molecule has 1 aromatic carbocycles. The third-order valence-corrected chi connectivity index (χ3v) is 6.68. The number of carbonyl (C=O) groups is 1. The van der Waals surface area contributed by atoms with Crippen LogP contribution in [0.1, 0.15) is 37.8 Å². The molecule has 3 N–H and O–H groups in total. The van der Waals surface area contributed by atoms with E-state index in [1.54, 1.807) is 16.9 Å². The second-order valence-electron chi connectivity index (χ2n) is 9.07. The highest BCUT2D eigenvalue weighted by Crippen LogP contribution is 2.37. The number of piperidine rings is 1. The molecule has 2 aliphatic rings. The number of aliphatic hydroxyl groups excluding tert-OH is 1. The Hall–Kier alpha value is -3.04. The van der Waals surface area contributed by atoms with E-state index in [-0.39, 0.29) is 12.4 Å². The van der Waals surface area contributed by atoms with E-state index in [0.717, 1.165) is 48.6 Å². The predicted octanol–water partition coefficient (Wildman–Crippen LogP) is 1.82. The first-order valence-corrected chi connectivity index (χ1v) is 11.2. The summed E-state index contributed by atoms with van der Waals surface area (Å²) in [5.74, 6) is 1.44. The molecule has 0 radical (unpaired) electrons. The lowest BCUT2D eigenvalue weighted by atomic mass is 9.86. The highest BCUT2D eigenvalue weighted by atomic mass is 16.3. The van der Waals surface area contributed by atoms with Gasteiger partial charge in [0.2, 0.25) is 5.95 Å². The van der Waals surface area contributed by atoms with E-state index in [2.05, 4.69) is 25.6 Å². The Kier molecular flexibility index (Phi) is 5.30. The first kappa shape index (κ1) is 20.8. The SMILES string of the molecule is CC1(C)C(=O)Cc2cc(Nc3nc4c(N(CCO)C5CCNCC5)nccn4n3)ccc21. The van der Waals surface area contributed by atoms with E-state index in [0.29, 0.717) is 30.6 Å². The van der Waals surface area contributed by atoms with Crippen molar-refractivity contribution in [2.45, 2.75) is 44.6 Å². The zero-order valence-electron chi connectivity index (χ0n) is 18.5. The molecule has 0 unspecified atom stereocenters. The summed E-state index contributed by atoms with van der Waals surface area (Å²) in [5.41, 5.74) is 3.21. The highest BCUT2D eigenvalue weighted by Gasteiger charge is 2.37. The highest BCUT2D eigenvalue weighted by molar-refractivity contribution is 5.96. The van der Waals surface area contributed by atoms with Gasteiger partial charge in [0.15, 0.2) is 11.5 Å². The first-order valence-electron chi connectivity index (χ1n) is 11.2. The molecule has 1 aliphatic carbocycles. The van der Waals surface area contributed by atoms with E-state index in [9.17, 15) is 9.90 Å². The van der Waals surface area contributed by atoms with Crippen LogP contribution in [0.15, 0.2) is 30.6 Å². The summed E-state index contributed by atoms with van der Waals surface area (Å²) in [7, 11) is 0. The topological polar surface area (TPSA) is 108 Å². The van der Waals surface area contributed by atoms with Gasteiger partial charge in [-0.05, 0) is 63.0 Å². The maximum Gasteiger partial charge on any atom is 0.247 e. The minimum absolute atomic E-state index is 0.0517. The summed E-state index contributed by atoms with van der Waals surface area (Å²) in [5, 5.41) is 20.9. The molecular weight excluding hydrogens is 406 g/mol. The molecule has 3 heterocycles. The molecule has 1 fully saturated rings. The fraction of sp³-hybridized carbons (Fsp3) is 0.478. The van der Waals surface area contributed by atoms with Crippen LogP contribution >= 0.6 is 0 Å². The van der Waals surface area contributed by atoms with Gasteiger partial charge in [-0.2, -0.15) is 4.98 Å². The van der Waals surface area contributed by atoms with Gasteiger partial charge in [-0.15, -0.1) is 5.10 Å². The zero-order chi connectivity index (χ0) is 22.3. The number of carbonyl (C=O) groups excluding carboxylic acids is 1. The summed E-state index contributed by atoms with van der Waals surface area (Å²) in [6.07, 6.45) is 5.94. The van der Waals surface area contributed by atoms with E-state index in [4.69, 9.17) is 4.98 Å². The Morgan fingerprint density at radius 1 is 1.31 bits per heavy atom. The van der Waals surface area contributed by atoms with E-state index in [1.165, 1.54) is 0 Å². The van der Waals surface area contributed by atoms with Gasteiger partial charge >= 0.3 is 0 Å². The Balaban J connectivity index is 1.45. The molecule has 2 aromatic heterocycles. The average Bonchev–Trinajstić information content (AvgIpc) is 3.30. The number of rotatable bonds is 6. The van der Waals surface area contributed by atoms with Gasteiger partial charge in [0.1, 0.15) is 5.78 Å². The van der Waals surface area contributed by atoms with Crippen molar-refractivity contribution in [1.82, 2.24) is 24.9 Å². The van der Waals surface area contributed by atoms with Crippen LogP contribution in [0.3, 0.4) is 0 Å². The maximum absolute atomic E-state index is 12.3. The Bertz CT molecular complexity index is 1150. The largest absolute Gasteiger partial charge is 0.395 e. The number of aliphatic hydroxyl groups is 1. The van der Waals surface area contributed by atoms with Crippen LogP contribution in [0.5, 0.6) is 0 Å². The van der Waals surface area contributed by atoms with Crippen LogP contribution in [0, 0.1) is 0 Å². The molecular formula is C23H29N7O2. The van der Waals surface area contributed by atoms with Crippen molar-refractivity contribution in [3.63, 3.8) is 0 Å². The molecule has 0 bridgehead atoms. The van der Waals surface area contributed by atoms with Gasteiger partial charge < -0.3 is 20.6 Å². The monoisotopic (exact) mass is 435 g/mol. The van der Waals surface area contributed by atoms with E-state index >= 15 is 0 Å². The number of aromatic nitrogens is 4. The molecule has 1 saturated heterocycles. The van der Waals surface area contributed by atoms with Gasteiger partial charge in [-0.25, -0.2) is 9.50 Å². The number of anilines is 3. The summed E-state index contributed by atoms with van der Waals surface area (Å²) >= 11 is 0. The van der Waals surface area contributed by atoms with Crippen LogP contribution in [0.4, 0.5) is 17.5 Å². The van der Waals surface area contributed by atoms with Gasteiger partial charge in [-0.3, -0.25) is 4.79 Å². The van der Waals surface area contributed by atoms with Crippen LogP contribution in [-0.4, -0.2) is 62.8 Å². The third-order valence-electron chi connectivity index (χ3n) is 6.68. The van der Waals surface area contributed by atoms with Crippen LogP contribution in [0.25, 0.3) is 5.65 Å². The molecule has 9 heteroatoms. The summed E-state index contributed by atoms with van der Waals surface area (Å²) in [4.78, 5) is 23.8. The lowest BCUT2D eigenvalue weighted by Crippen LogP contribution is -2.45. The van der Waals surface area contributed by atoms with Gasteiger partial charge in [-0.1, -0.05) is 6.07 Å². The standard InChI is InChI=1S/C23H29N7O2/c1-23(2)18-4-3-16(13-15(18)14-19(23)32)26-22-27-21-20(25-9-10-30(21)28-22)29(11-12-31)17-5-7-24-8-6-17/h3-4,9-10,13,17,24,31H,5-8,11-12,14H2,1-2H3,(H,26,28). The molecule has 0 amide bonds. The molecule has 5 rings (SSSR count). The van der Waals surface area contributed by atoms with Gasteiger partial charge in [0.25, 0.3) is 0 Å². The van der Waals surface area contributed by atoms with Crippen molar-refractivity contribution in [3.05, 3.63) is 41.7 Å². The fourth-order valence-corrected chi connectivity index (χ4v) is 4.85. The average molecular weight is 436 g/mol. The molecule has 0 spiro atoms. The number of nitrogens with zero attached hydrogens (tertiary/aromatic N) is 5. The first-order chi connectivity index (χ1) is 15.5. The third kappa shape index (κ3) is 3.61. The van der Waals surface area contributed by atoms with Crippen molar-refractivity contribution in [2.24, 2.45) is 0 Å². The van der Waals surface area contributed by atoms with Crippen molar-refractivity contribution in [3.8, 4) is 0 Å². The normalized spacial score (nSPS) is 18.2. The van der Waals surface area contributed by atoms with E-state index in [1.807, 2.05) is 32.0 Å². The van der Waals surface area contributed by atoms with Crippen molar-refractivity contribution < 1.29 is 9.90 Å². The number of Topliss-reactive ketones (excluding diaryl/α,β-unsaturated/α-hetero) is 1. The predicted molar refractivity (Wildman–Crippen MR) is 123 cm³/mol. The molecule has 0 saturated carbocycles. The molecule has 168 valence electrons. The quantitative estimate of drug-likeness (QED) is 0.538. The number of hydrogen-bond donors (Lipinski definition) is 3. The minimum Gasteiger partial charge on any atom is -0.395 e. The van der Waals surface area contributed by atoms with Crippen LogP contribution in [-0.2, 0) is 16.6 Å². The summed E-state index contributed by atoms with van der Waals surface area (Å²) in [6, 6.07) is 6.30. The number of nitrogens with one attached hydrogen (secondary N) is 2. The minimum atomic E-state index is -0.430. The smallest absolute Gasteiger partial charge is 0.247 e. The molecule has 3 aromatic rings. The van der Waals surface area contributed by atoms with Crippen molar-refractivity contribution in [1.29, 1.82) is 0 Å². The second-order valence-corrected chi connectivity index (χ2v) is 9.07. The Labute approximate surface area is 186 Å². The van der Waals surface area contributed by atoms with Crippen molar-refractivity contribution >= 4 is 28.9 Å². The van der Waals surface area contributed by atoms with Gasteiger partial charge in [0.05, 0.1) is 6.61 Å². The number of benzene rings is 1. The zero-order valence-corrected chi connectivity index (χ0v) is 18.5. The number of fused-ring (bicyclic) bond motifs is 2. The number of hydrogen-bond acceptors (Lipinski definition) is 8. The van der Waals surface area contributed by atoms with E-state index < -0.39 is 5.41 Å². The summed E-state index contributed by atoms with van der Waals surface area (Å²) in [6.45, 7) is 6.41. The summed E-state index contributed by atoms with van der Waals surface area (Å²) < 4.78 is 1.72. The molecule has 9 nitrogen and oxygen atoms in total. The lowest BCUT2D eigenvalue weighted by molar-refractivity contribution is -0.121. The van der Waals surface area contributed by atoms with Crippen LogP contribution < -0.4 is 15.5 Å². The Morgan fingerprint density at radius 2 is 2.12 bits per heavy atom. The molecule has 32 heavy (non-hydrogen) atoms. The Morgan fingerprint density at radius 3 is 2.91 bits per heavy atom. The van der Waals surface area contributed by atoms with Gasteiger partial charge in [0, 0.05) is 42.5 Å². The van der Waals surface area contributed by atoms with Crippen LogP contribution in [0.2, 0.25) is 0 Å². The maximum atomic E-state index is 12.3. The lowest BCUT2D eigenvalue weighted by Gasteiger charge is -2.35. The molecule has 0 atom stereocenters. The number of ketones is 1. The van der Waals surface area contributed by atoms with Crippen molar-refractivity contribution in [2.75, 3.05) is 36.5 Å². The molecule has 1 aliphatic heterocycles.